The zero-order chi connectivity index (χ0) is 11.5. The van der Waals surface area contributed by atoms with E-state index in [1.54, 1.807) is 6.07 Å². The van der Waals surface area contributed by atoms with Gasteiger partial charge in [0.25, 0.3) is 0 Å². The lowest BCUT2D eigenvalue weighted by Gasteiger charge is -2.28. The van der Waals surface area contributed by atoms with Crippen molar-refractivity contribution >= 4 is 23.2 Å². The highest BCUT2D eigenvalue weighted by molar-refractivity contribution is 6.35. The van der Waals surface area contributed by atoms with Crippen molar-refractivity contribution in [1.82, 2.24) is 0 Å². The molecule has 16 heavy (non-hydrogen) atoms. The van der Waals surface area contributed by atoms with Gasteiger partial charge in [-0.2, -0.15) is 0 Å². The van der Waals surface area contributed by atoms with E-state index in [4.69, 9.17) is 33.7 Å². The van der Waals surface area contributed by atoms with Crippen LogP contribution in [0.1, 0.15) is 12.0 Å². The maximum absolute atomic E-state index is 6.13. The van der Waals surface area contributed by atoms with E-state index in [0.717, 1.165) is 31.6 Å². The molecule has 1 fully saturated rings. The van der Waals surface area contributed by atoms with Crippen LogP contribution in [-0.2, 0) is 11.2 Å². The second kappa shape index (κ2) is 5.37. The van der Waals surface area contributed by atoms with Gasteiger partial charge in [0.1, 0.15) is 0 Å². The Balaban J connectivity index is 2.07. The third kappa shape index (κ3) is 2.89. The van der Waals surface area contributed by atoms with E-state index in [1.807, 2.05) is 12.1 Å². The number of ether oxygens (including phenoxy) is 1. The first-order chi connectivity index (χ1) is 7.66. The highest BCUT2D eigenvalue weighted by Crippen LogP contribution is 2.25. The Hall–Kier alpha value is -0.280. The number of nitrogens with two attached hydrogens (primary N) is 1. The van der Waals surface area contributed by atoms with Crippen LogP contribution in [0.2, 0.25) is 10.0 Å². The molecule has 2 nitrogen and oxygen atoms in total. The Kier molecular flexibility index (Phi) is 4.09. The summed E-state index contributed by atoms with van der Waals surface area (Å²) in [7, 11) is 0. The molecule has 2 atom stereocenters. The first kappa shape index (κ1) is 12.2. The topological polar surface area (TPSA) is 35.2 Å². The van der Waals surface area contributed by atoms with Gasteiger partial charge in [-0.1, -0.05) is 29.3 Å². The molecule has 0 amide bonds. The van der Waals surface area contributed by atoms with Gasteiger partial charge in [-0.05, 0) is 30.5 Å². The zero-order valence-electron chi connectivity index (χ0n) is 8.96. The number of hydrogen-bond donors (Lipinski definition) is 1. The molecule has 0 bridgehead atoms. The first-order valence-corrected chi connectivity index (χ1v) is 6.19. The molecule has 0 spiro atoms. The number of halogens is 2. The fourth-order valence-corrected chi connectivity index (χ4v) is 2.48. The molecule has 0 saturated carbocycles. The van der Waals surface area contributed by atoms with Crippen molar-refractivity contribution < 1.29 is 4.74 Å². The van der Waals surface area contributed by atoms with Crippen molar-refractivity contribution in [1.29, 1.82) is 0 Å². The summed E-state index contributed by atoms with van der Waals surface area (Å²) in [4.78, 5) is 0. The minimum absolute atomic E-state index is 0.209. The number of benzene rings is 1. The summed E-state index contributed by atoms with van der Waals surface area (Å²) in [5.74, 6) is 0.354. The molecule has 2 rings (SSSR count). The van der Waals surface area contributed by atoms with Crippen molar-refractivity contribution in [2.24, 2.45) is 11.7 Å². The van der Waals surface area contributed by atoms with Crippen molar-refractivity contribution in [3.63, 3.8) is 0 Å². The smallest absolute Gasteiger partial charge is 0.0512 e. The summed E-state index contributed by atoms with van der Waals surface area (Å²) < 4.78 is 5.44. The fraction of sp³-hybridized carbons (Fsp3) is 0.500. The maximum Gasteiger partial charge on any atom is 0.0512 e. The average Bonchev–Trinajstić information content (AvgIpc) is 2.25. The highest BCUT2D eigenvalue weighted by atomic mass is 35.5. The average molecular weight is 260 g/mol. The van der Waals surface area contributed by atoms with Crippen LogP contribution in [0, 0.1) is 5.92 Å². The largest absolute Gasteiger partial charge is 0.381 e. The van der Waals surface area contributed by atoms with Crippen molar-refractivity contribution in [3.05, 3.63) is 33.8 Å². The van der Waals surface area contributed by atoms with Crippen LogP contribution >= 0.6 is 23.2 Å². The van der Waals surface area contributed by atoms with Gasteiger partial charge in [-0.15, -0.1) is 0 Å². The van der Waals surface area contributed by atoms with Crippen molar-refractivity contribution in [3.8, 4) is 0 Å². The molecular weight excluding hydrogens is 245 g/mol. The van der Waals surface area contributed by atoms with Crippen LogP contribution in [0.4, 0.5) is 0 Å². The molecule has 4 heteroatoms. The summed E-state index contributed by atoms with van der Waals surface area (Å²) >= 11 is 12.0. The molecule has 1 heterocycles. The van der Waals surface area contributed by atoms with Crippen LogP contribution in [0.15, 0.2) is 18.2 Å². The van der Waals surface area contributed by atoms with Crippen LogP contribution < -0.4 is 5.73 Å². The van der Waals surface area contributed by atoms with Gasteiger partial charge in [0.05, 0.1) is 6.61 Å². The van der Waals surface area contributed by atoms with Gasteiger partial charge in [-0.3, -0.25) is 0 Å². The number of rotatable bonds is 2. The monoisotopic (exact) mass is 259 g/mol. The molecular formula is C12H15Cl2NO. The SMILES string of the molecule is N[C@@H]1CCOC[C@@H]1Cc1ccc(Cl)cc1Cl. The van der Waals surface area contributed by atoms with E-state index in [1.165, 1.54) is 0 Å². The fourth-order valence-electron chi connectivity index (χ4n) is 1.99. The van der Waals surface area contributed by atoms with Gasteiger partial charge in [0.2, 0.25) is 0 Å². The number of hydrogen-bond acceptors (Lipinski definition) is 2. The molecule has 1 aliphatic rings. The van der Waals surface area contributed by atoms with Gasteiger partial charge in [0.15, 0.2) is 0 Å². The second-order valence-corrected chi connectivity index (χ2v) is 5.07. The lowest BCUT2D eigenvalue weighted by molar-refractivity contribution is 0.0422. The molecule has 1 aromatic rings. The molecule has 1 saturated heterocycles. The van der Waals surface area contributed by atoms with E-state index in [-0.39, 0.29) is 6.04 Å². The summed E-state index contributed by atoms with van der Waals surface area (Å²) in [5, 5.41) is 1.38. The lowest BCUT2D eigenvalue weighted by atomic mass is 9.90. The van der Waals surface area contributed by atoms with E-state index in [2.05, 4.69) is 0 Å². The molecule has 1 aromatic carbocycles. The summed E-state index contributed by atoms with van der Waals surface area (Å²) in [5.41, 5.74) is 7.15. The first-order valence-electron chi connectivity index (χ1n) is 5.44. The standard InChI is InChI=1S/C12H15Cl2NO/c13-10-2-1-8(11(14)6-10)5-9-7-16-4-3-12(9)15/h1-2,6,9,12H,3-5,7,15H2/t9-,12+/m0/s1. The summed E-state index contributed by atoms with van der Waals surface area (Å²) in [6.45, 7) is 1.49. The Morgan fingerprint density at radius 1 is 1.38 bits per heavy atom. The predicted octanol–water partition coefficient (Wildman–Crippen LogP) is 2.90. The van der Waals surface area contributed by atoms with Crippen LogP contribution in [0.3, 0.4) is 0 Å². The van der Waals surface area contributed by atoms with Gasteiger partial charge >= 0.3 is 0 Å². The second-order valence-electron chi connectivity index (χ2n) is 4.23. The highest BCUT2D eigenvalue weighted by Gasteiger charge is 2.23. The quantitative estimate of drug-likeness (QED) is 0.887. The van der Waals surface area contributed by atoms with E-state index >= 15 is 0 Å². The van der Waals surface area contributed by atoms with E-state index in [0.29, 0.717) is 16.0 Å². The minimum atomic E-state index is 0.209. The Labute approximate surface area is 106 Å². The third-order valence-corrected chi connectivity index (χ3v) is 3.62. The van der Waals surface area contributed by atoms with Crippen LogP contribution in [-0.4, -0.2) is 19.3 Å². The van der Waals surface area contributed by atoms with Crippen LogP contribution in [0.25, 0.3) is 0 Å². The third-order valence-electron chi connectivity index (χ3n) is 3.03. The zero-order valence-corrected chi connectivity index (χ0v) is 10.5. The van der Waals surface area contributed by atoms with Gasteiger partial charge in [0, 0.05) is 28.6 Å². The Morgan fingerprint density at radius 3 is 2.88 bits per heavy atom. The van der Waals surface area contributed by atoms with Crippen LogP contribution in [0.5, 0.6) is 0 Å². The summed E-state index contributed by atoms with van der Waals surface area (Å²) in [6, 6.07) is 5.80. The molecule has 0 radical (unpaired) electrons. The molecule has 0 aromatic heterocycles. The van der Waals surface area contributed by atoms with E-state index < -0.39 is 0 Å². The Bertz CT molecular complexity index is 370. The van der Waals surface area contributed by atoms with Crippen molar-refractivity contribution in [2.75, 3.05) is 13.2 Å². The summed E-state index contributed by atoms with van der Waals surface area (Å²) in [6.07, 6.45) is 1.78. The Morgan fingerprint density at radius 2 is 2.19 bits per heavy atom. The molecule has 88 valence electrons. The van der Waals surface area contributed by atoms with E-state index in [9.17, 15) is 0 Å². The molecule has 2 N–H and O–H groups in total. The molecule has 0 aliphatic carbocycles. The molecule has 1 aliphatic heterocycles. The minimum Gasteiger partial charge on any atom is -0.381 e. The lowest BCUT2D eigenvalue weighted by Crippen LogP contribution is -2.39. The predicted molar refractivity (Wildman–Crippen MR) is 67.1 cm³/mol. The normalized spacial score (nSPS) is 25.7. The van der Waals surface area contributed by atoms with Gasteiger partial charge in [-0.25, -0.2) is 0 Å². The van der Waals surface area contributed by atoms with Gasteiger partial charge < -0.3 is 10.5 Å². The van der Waals surface area contributed by atoms with Crippen molar-refractivity contribution in [2.45, 2.75) is 18.9 Å². The maximum atomic E-state index is 6.13. The molecule has 0 unspecified atom stereocenters.